The Morgan fingerprint density at radius 2 is 2.29 bits per heavy atom. The molecule has 1 aromatic rings. The first-order valence-corrected chi connectivity index (χ1v) is 5.44. The molecule has 1 rings (SSSR count). The molecule has 3 heteroatoms. The molecule has 0 amide bonds. The molecule has 0 spiro atoms. The number of hydrogen-bond acceptors (Lipinski definition) is 2. The van der Waals surface area contributed by atoms with Crippen LogP contribution in [0.25, 0.3) is 0 Å². The molecule has 80 valence electrons. The third-order valence-corrected chi connectivity index (χ3v) is 2.76. The van der Waals surface area contributed by atoms with Gasteiger partial charge in [-0.1, -0.05) is 13.3 Å². The summed E-state index contributed by atoms with van der Waals surface area (Å²) in [5.74, 6) is 0.676. The summed E-state index contributed by atoms with van der Waals surface area (Å²) in [5, 5.41) is 4.15. The van der Waals surface area contributed by atoms with E-state index in [1.807, 2.05) is 17.9 Å². The Balaban J connectivity index is 2.35. The largest absolute Gasteiger partial charge is 0.330 e. The van der Waals surface area contributed by atoms with Crippen molar-refractivity contribution in [2.75, 3.05) is 6.54 Å². The average molecular weight is 195 g/mol. The van der Waals surface area contributed by atoms with Crippen LogP contribution in [0, 0.1) is 5.92 Å². The first-order chi connectivity index (χ1) is 6.77. The van der Waals surface area contributed by atoms with Gasteiger partial charge in [0, 0.05) is 18.9 Å². The highest BCUT2D eigenvalue weighted by atomic mass is 15.2. The van der Waals surface area contributed by atoms with E-state index in [1.54, 1.807) is 0 Å². The summed E-state index contributed by atoms with van der Waals surface area (Å²) in [5.41, 5.74) is 7.02. The first kappa shape index (κ1) is 11.2. The highest BCUT2D eigenvalue weighted by Gasteiger charge is 2.07. The molecule has 2 N–H and O–H groups in total. The normalized spacial score (nSPS) is 13.1. The lowest BCUT2D eigenvalue weighted by Crippen LogP contribution is -2.15. The standard InChI is InChI=1S/C11H21N3/c1-3-4-10(9-12)5-6-11-7-8-13-14(11)2/h7-8,10H,3-6,9,12H2,1-2H3. The Morgan fingerprint density at radius 3 is 2.79 bits per heavy atom. The fraction of sp³-hybridized carbons (Fsp3) is 0.727. The van der Waals surface area contributed by atoms with E-state index in [-0.39, 0.29) is 0 Å². The van der Waals surface area contributed by atoms with Gasteiger partial charge >= 0.3 is 0 Å². The SMILES string of the molecule is CCCC(CN)CCc1ccnn1C. The third kappa shape index (κ3) is 3.14. The van der Waals surface area contributed by atoms with E-state index in [0.717, 1.165) is 13.0 Å². The molecule has 1 aromatic heterocycles. The Bertz CT molecular complexity index is 255. The first-order valence-electron chi connectivity index (χ1n) is 5.44. The predicted octanol–water partition coefficient (Wildman–Crippen LogP) is 1.73. The van der Waals surface area contributed by atoms with Crippen molar-refractivity contribution in [1.29, 1.82) is 0 Å². The van der Waals surface area contributed by atoms with Gasteiger partial charge in [-0.25, -0.2) is 0 Å². The second-order valence-corrected chi connectivity index (χ2v) is 3.88. The lowest BCUT2D eigenvalue weighted by molar-refractivity contribution is 0.449. The maximum atomic E-state index is 5.71. The summed E-state index contributed by atoms with van der Waals surface area (Å²) in [6.07, 6.45) is 6.61. The van der Waals surface area contributed by atoms with E-state index in [4.69, 9.17) is 5.73 Å². The zero-order chi connectivity index (χ0) is 10.4. The maximum absolute atomic E-state index is 5.71. The van der Waals surface area contributed by atoms with Crippen molar-refractivity contribution in [2.45, 2.75) is 32.6 Å². The Kier molecular flexibility index (Phi) is 4.66. The van der Waals surface area contributed by atoms with Crippen LogP contribution in [-0.2, 0) is 13.5 Å². The summed E-state index contributed by atoms with van der Waals surface area (Å²) in [6.45, 7) is 3.03. The molecule has 3 nitrogen and oxygen atoms in total. The van der Waals surface area contributed by atoms with Crippen LogP contribution in [0.3, 0.4) is 0 Å². The summed E-state index contributed by atoms with van der Waals surface area (Å²) in [7, 11) is 1.99. The molecule has 1 heterocycles. The van der Waals surface area contributed by atoms with Gasteiger partial charge in [0.05, 0.1) is 0 Å². The number of aryl methyl sites for hydroxylation is 2. The van der Waals surface area contributed by atoms with Crippen LogP contribution in [0.4, 0.5) is 0 Å². The van der Waals surface area contributed by atoms with Crippen molar-refractivity contribution >= 4 is 0 Å². The van der Waals surface area contributed by atoms with E-state index >= 15 is 0 Å². The number of nitrogens with two attached hydrogens (primary N) is 1. The van der Waals surface area contributed by atoms with Gasteiger partial charge in [0.2, 0.25) is 0 Å². The molecule has 14 heavy (non-hydrogen) atoms. The van der Waals surface area contributed by atoms with Crippen LogP contribution in [0.2, 0.25) is 0 Å². The van der Waals surface area contributed by atoms with Crippen LogP contribution in [0.5, 0.6) is 0 Å². The van der Waals surface area contributed by atoms with Crippen LogP contribution in [-0.4, -0.2) is 16.3 Å². The second-order valence-electron chi connectivity index (χ2n) is 3.88. The number of rotatable bonds is 6. The molecule has 1 unspecified atom stereocenters. The number of hydrogen-bond donors (Lipinski definition) is 1. The molecule has 0 radical (unpaired) electrons. The lowest BCUT2D eigenvalue weighted by atomic mass is 9.97. The van der Waals surface area contributed by atoms with Gasteiger partial charge in [-0.3, -0.25) is 4.68 Å². The summed E-state index contributed by atoms with van der Waals surface area (Å²) < 4.78 is 1.94. The molecule has 0 saturated heterocycles. The van der Waals surface area contributed by atoms with Gasteiger partial charge in [-0.15, -0.1) is 0 Å². The minimum absolute atomic E-state index is 0.676. The van der Waals surface area contributed by atoms with Crippen molar-refractivity contribution in [3.63, 3.8) is 0 Å². The molecule has 1 atom stereocenters. The van der Waals surface area contributed by atoms with Crippen LogP contribution < -0.4 is 5.73 Å². The van der Waals surface area contributed by atoms with E-state index in [0.29, 0.717) is 5.92 Å². The van der Waals surface area contributed by atoms with Crippen molar-refractivity contribution in [1.82, 2.24) is 9.78 Å². The van der Waals surface area contributed by atoms with Gasteiger partial charge in [-0.05, 0) is 37.8 Å². The molecular formula is C11H21N3. The fourth-order valence-electron chi connectivity index (χ4n) is 1.79. The van der Waals surface area contributed by atoms with Crippen molar-refractivity contribution in [2.24, 2.45) is 18.7 Å². The van der Waals surface area contributed by atoms with E-state index in [1.165, 1.54) is 25.0 Å². The smallest absolute Gasteiger partial charge is 0.0492 e. The van der Waals surface area contributed by atoms with E-state index in [2.05, 4.69) is 18.1 Å². The molecule has 0 aliphatic rings. The van der Waals surface area contributed by atoms with Crippen LogP contribution in [0.1, 0.15) is 31.9 Å². The maximum Gasteiger partial charge on any atom is 0.0492 e. The van der Waals surface area contributed by atoms with Crippen LogP contribution in [0.15, 0.2) is 12.3 Å². The third-order valence-electron chi connectivity index (χ3n) is 2.76. The molecule has 0 aliphatic carbocycles. The van der Waals surface area contributed by atoms with Crippen molar-refractivity contribution < 1.29 is 0 Å². The van der Waals surface area contributed by atoms with Gasteiger partial charge in [-0.2, -0.15) is 5.10 Å². The monoisotopic (exact) mass is 195 g/mol. The van der Waals surface area contributed by atoms with Crippen molar-refractivity contribution in [3.05, 3.63) is 18.0 Å². The van der Waals surface area contributed by atoms with E-state index in [9.17, 15) is 0 Å². The van der Waals surface area contributed by atoms with Gasteiger partial charge in [0.25, 0.3) is 0 Å². The zero-order valence-corrected chi connectivity index (χ0v) is 9.24. The molecule has 0 bridgehead atoms. The van der Waals surface area contributed by atoms with Gasteiger partial charge in [0.15, 0.2) is 0 Å². The topological polar surface area (TPSA) is 43.8 Å². The lowest BCUT2D eigenvalue weighted by Gasteiger charge is -2.12. The molecule has 0 saturated carbocycles. The molecule has 0 aliphatic heterocycles. The summed E-state index contributed by atoms with van der Waals surface area (Å²) >= 11 is 0. The summed E-state index contributed by atoms with van der Waals surface area (Å²) in [4.78, 5) is 0. The average Bonchev–Trinajstić information content (AvgIpc) is 2.59. The quantitative estimate of drug-likeness (QED) is 0.751. The summed E-state index contributed by atoms with van der Waals surface area (Å²) in [6, 6.07) is 2.08. The molecule has 0 aromatic carbocycles. The Morgan fingerprint density at radius 1 is 1.50 bits per heavy atom. The van der Waals surface area contributed by atoms with Crippen molar-refractivity contribution in [3.8, 4) is 0 Å². The van der Waals surface area contributed by atoms with Gasteiger partial charge in [0.1, 0.15) is 0 Å². The Labute approximate surface area is 86.3 Å². The van der Waals surface area contributed by atoms with Crippen LogP contribution >= 0.6 is 0 Å². The Hall–Kier alpha value is -0.830. The minimum Gasteiger partial charge on any atom is -0.330 e. The second kappa shape index (κ2) is 5.81. The number of nitrogens with zero attached hydrogens (tertiary/aromatic N) is 2. The highest BCUT2D eigenvalue weighted by Crippen LogP contribution is 2.13. The highest BCUT2D eigenvalue weighted by molar-refractivity contribution is 4.99. The van der Waals surface area contributed by atoms with Gasteiger partial charge < -0.3 is 5.73 Å². The minimum atomic E-state index is 0.676. The zero-order valence-electron chi connectivity index (χ0n) is 9.24. The number of aromatic nitrogens is 2. The molecular weight excluding hydrogens is 174 g/mol. The van der Waals surface area contributed by atoms with E-state index < -0.39 is 0 Å². The molecule has 0 fully saturated rings. The fourth-order valence-corrected chi connectivity index (χ4v) is 1.79. The predicted molar refractivity (Wildman–Crippen MR) is 59.0 cm³/mol.